The van der Waals surface area contributed by atoms with Gasteiger partial charge in [-0.25, -0.2) is 0 Å². The van der Waals surface area contributed by atoms with Crippen LogP contribution < -0.4 is 10.1 Å². The van der Waals surface area contributed by atoms with E-state index in [2.05, 4.69) is 15.5 Å². The highest BCUT2D eigenvalue weighted by Gasteiger charge is 2.13. The van der Waals surface area contributed by atoms with Crippen molar-refractivity contribution in [2.45, 2.75) is 25.6 Å². The molecule has 4 aromatic rings. The molecule has 1 aromatic heterocycles. The van der Waals surface area contributed by atoms with Crippen LogP contribution in [0, 0.1) is 13.8 Å². The Labute approximate surface area is 185 Å². The first-order valence-electron chi connectivity index (χ1n) is 10.00. The minimum absolute atomic E-state index is 0.0865. The van der Waals surface area contributed by atoms with Crippen molar-refractivity contribution < 1.29 is 9.53 Å². The molecule has 4 rings (SSSR count). The first-order chi connectivity index (χ1) is 15.0. The van der Waals surface area contributed by atoms with Gasteiger partial charge in [0.1, 0.15) is 12.4 Å². The number of rotatable bonds is 7. The molecule has 0 aliphatic heterocycles. The number of para-hydroxylation sites is 1. The first kappa shape index (κ1) is 20.9. The molecule has 0 saturated heterocycles. The van der Waals surface area contributed by atoms with Crippen molar-refractivity contribution in [1.82, 2.24) is 14.8 Å². The van der Waals surface area contributed by atoms with Crippen molar-refractivity contribution in [3.63, 3.8) is 0 Å². The molecule has 0 fully saturated rings. The molecule has 0 unspecified atom stereocenters. The van der Waals surface area contributed by atoms with Gasteiger partial charge in [-0.3, -0.25) is 4.79 Å². The van der Waals surface area contributed by atoms with Crippen LogP contribution in [0.2, 0.25) is 0 Å². The Kier molecular flexibility index (Phi) is 6.23. The van der Waals surface area contributed by atoms with E-state index in [1.165, 1.54) is 11.8 Å². The Morgan fingerprint density at radius 2 is 1.74 bits per heavy atom. The smallest absolute Gasteiger partial charge is 0.234 e. The van der Waals surface area contributed by atoms with Gasteiger partial charge < -0.3 is 14.6 Å². The lowest BCUT2D eigenvalue weighted by atomic mass is 10.1. The van der Waals surface area contributed by atoms with E-state index >= 15 is 0 Å². The van der Waals surface area contributed by atoms with E-state index in [1.54, 1.807) is 0 Å². The molecule has 3 aromatic carbocycles. The molecule has 1 N–H and O–H groups in total. The molecule has 158 valence electrons. The summed E-state index contributed by atoms with van der Waals surface area (Å²) in [7, 11) is 1.88. The summed E-state index contributed by atoms with van der Waals surface area (Å²) in [6.07, 6.45) is 0. The second kappa shape index (κ2) is 9.22. The summed E-state index contributed by atoms with van der Waals surface area (Å²) < 4.78 is 7.84. The van der Waals surface area contributed by atoms with Gasteiger partial charge in [-0.1, -0.05) is 60.3 Å². The summed E-state index contributed by atoms with van der Waals surface area (Å²) in [4.78, 5) is 12.4. The largest absolute Gasteiger partial charge is 0.485 e. The summed E-state index contributed by atoms with van der Waals surface area (Å²) in [6.45, 7) is 4.36. The van der Waals surface area contributed by atoms with Gasteiger partial charge in [0.25, 0.3) is 0 Å². The molecule has 6 nitrogen and oxygen atoms in total. The van der Waals surface area contributed by atoms with Crippen LogP contribution in [0.1, 0.15) is 17.0 Å². The van der Waals surface area contributed by atoms with Crippen LogP contribution in [-0.2, 0) is 18.4 Å². The van der Waals surface area contributed by atoms with Crippen LogP contribution in [0.15, 0.2) is 65.8 Å². The number of nitrogens with one attached hydrogen (secondary N) is 1. The Morgan fingerprint density at radius 1 is 1.00 bits per heavy atom. The van der Waals surface area contributed by atoms with Crippen molar-refractivity contribution in [2.75, 3.05) is 11.1 Å². The van der Waals surface area contributed by atoms with Crippen LogP contribution >= 0.6 is 11.8 Å². The SMILES string of the molecule is Cc1cccc(C)c1OCc1nnc(SCC(=O)Nc2ccc3ccccc3c2)n1C. The van der Waals surface area contributed by atoms with E-state index in [-0.39, 0.29) is 11.7 Å². The van der Waals surface area contributed by atoms with Crippen LogP contribution in [-0.4, -0.2) is 26.4 Å². The second-order valence-electron chi connectivity index (χ2n) is 7.37. The van der Waals surface area contributed by atoms with Gasteiger partial charge in [-0.15, -0.1) is 10.2 Å². The van der Waals surface area contributed by atoms with E-state index in [4.69, 9.17) is 4.74 Å². The minimum Gasteiger partial charge on any atom is -0.485 e. The van der Waals surface area contributed by atoms with E-state index in [0.717, 1.165) is 33.3 Å². The maximum Gasteiger partial charge on any atom is 0.234 e. The molecule has 0 bridgehead atoms. The number of aryl methyl sites for hydroxylation is 2. The van der Waals surface area contributed by atoms with E-state index in [0.29, 0.717) is 17.6 Å². The number of aromatic nitrogens is 3. The number of carbonyl (C=O) groups excluding carboxylic acids is 1. The number of benzene rings is 3. The third-order valence-electron chi connectivity index (χ3n) is 5.05. The van der Waals surface area contributed by atoms with Crippen LogP contribution in [0.3, 0.4) is 0 Å². The Morgan fingerprint density at radius 3 is 2.52 bits per heavy atom. The number of thioether (sulfide) groups is 1. The molecule has 0 radical (unpaired) electrons. The molecule has 31 heavy (non-hydrogen) atoms. The maximum atomic E-state index is 12.4. The molecule has 1 amide bonds. The van der Waals surface area contributed by atoms with Gasteiger partial charge in [0, 0.05) is 12.7 Å². The molecular formula is C24H24N4O2S. The second-order valence-corrected chi connectivity index (χ2v) is 8.31. The van der Waals surface area contributed by atoms with Crippen LogP contribution in [0.25, 0.3) is 10.8 Å². The lowest BCUT2D eigenvalue weighted by Gasteiger charge is -2.11. The number of hydrogen-bond acceptors (Lipinski definition) is 5. The molecule has 1 heterocycles. The highest BCUT2D eigenvalue weighted by Crippen LogP contribution is 2.24. The summed E-state index contributed by atoms with van der Waals surface area (Å²) >= 11 is 1.35. The fourth-order valence-corrected chi connectivity index (χ4v) is 4.08. The number of nitrogens with zero attached hydrogens (tertiary/aromatic N) is 3. The fraction of sp³-hybridized carbons (Fsp3) is 0.208. The standard InChI is InChI=1S/C24H24N4O2S/c1-16-7-6-8-17(2)23(16)30-14-21-26-27-24(28(21)3)31-15-22(29)25-20-12-11-18-9-4-5-10-19(18)13-20/h4-13H,14-15H2,1-3H3,(H,25,29). The molecule has 0 atom stereocenters. The van der Waals surface area contributed by atoms with Gasteiger partial charge in [-0.2, -0.15) is 0 Å². The van der Waals surface area contributed by atoms with Crippen LogP contribution in [0.5, 0.6) is 5.75 Å². The van der Waals surface area contributed by atoms with Crippen molar-refractivity contribution in [2.24, 2.45) is 7.05 Å². The average Bonchev–Trinajstić information content (AvgIpc) is 3.11. The zero-order valence-corrected chi connectivity index (χ0v) is 18.6. The van der Waals surface area contributed by atoms with Gasteiger partial charge in [0.15, 0.2) is 11.0 Å². The Hall–Kier alpha value is -3.32. The highest BCUT2D eigenvalue weighted by atomic mass is 32.2. The highest BCUT2D eigenvalue weighted by molar-refractivity contribution is 7.99. The summed E-state index contributed by atoms with van der Waals surface area (Å²) in [6, 6.07) is 20.0. The number of fused-ring (bicyclic) bond motifs is 1. The third-order valence-corrected chi connectivity index (χ3v) is 6.07. The molecule has 7 heteroatoms. The lowest BCUT2D eigenvalue weighted by molar-refractivity contribution is -0.113. The van der Waals surface area contributed by atoms with E-state index < -0.39 is 0 Å². The predicted octanol–water partition coefficient (Wildman–Crippen LogP) is 4.89. The number of carbonyl (C=O) groups is 1. The van der Waals surface area contributed by atoms with Crippen LogP contribution in [0.4, 0.5) is 5.69 Å². The minimum atomic E-state index is -0.0865. The monoisotopic (exact) mass is 432 g/mol. The third kappa shape index (κ3) is 4.88. The molecule has 0 aliphatic rings. The Balaban J connectivity index is 1.34. The average molecular weight is 433 g/mol. The molecular weight excluding hydrogens is 408 g/mol. The van der Waals surface area contributed by atoms with Gasteiger partial charge in [0.05, 0.1) is 5.75 Å². The normalized spacial score (nSPS) is 10.9. The zero-order chi connectivity index (χ0) is 21.8. The molecule has 0 aliphatic carbocycles. The summed E-state index contributed by atoms with van der Waals surface area (Å²) in [5.41, 5.74) is 2.95. The van der Waals surface area contributed by atoms with E-state index in [1.807, 2.05) is 86.1 Å². The van der Waals surface area contributed by atoms with Crippen molar-refractivity contribution >= 4 is 34.1 Å². The zero-order valence-electron chi connectivity index (χ0n) is 17.8. The Bertz CT molecular complexity index is 1220. The number of ether oxygens (including phenoxy) is 1. The van der Waals surface area contributed by atoms with Crippen molar-refractivity contribution in [3.8, 4) is 5.75 Å². The van der Waals surface area contributed by atoms with E-state index in [9.17, 15) is 4.79 Å². The number of hydrogen-bond donors (Lipinski definition) is 1. The maximum absolute atomic E-state index is 12.4. The predicted molar refractivity (Wildman–Crippen MR) is 125 cm³/mol. The quantitative estimate of drug-likeness (QED) is 0.421. The number of amides is 1. The van der Waals surface area contributed by atoms with Gasteiger partial charge >= 0.3 is 0 Å². The number of anilines is 1. The topological polar surface area (TPSA) is 69.0 Å². The first-order valence-corrected chi connectivity index (χ1v) is 11.0. The molecule has 0 saturated carbocycles. The summed E-state index contributed by atoms with van der Waals surface area (Å²) in [5.74, 6) is 1.74. The van der Waals surface area contributed by atoms with Gasteiger partial charge in [0.2, 0.25) is 5.91 Å². The molecule has 0 spiro atoms. The lowest BCUT2D eigenvalue weighted by Crippen LogP contribution is -2.14. The van der Waals surface area contributed by atoms with Gasteiger partial charge in [-0.05, 0) is 47.9 Å². The fourth-order valence-electron chi connectivity index (χ4n) is 3.35. The van der Waals surface area contributed by atoms with Crippen molar-refractivity contribution in [1.29, 1.82) is 0 Å². The summed E-state index contributed by atoms with van der Waals surface area (Å²) in [5, 5.41) is 14.3. The van der Waals surface area contributed by atoms with Crippen molar-refractivity contribution in [3.05, 3.63) is 77.6 Å².